The molecule has 0 bridgehead atoms. The van der Waals surface area contributed by atoms with Gasteiger partial charge in [-0.2, -0.15) is 5.26 Å². The van der Waals surface area contributed by atoms with Gasteiger partial charge in [0.15, 0.2) is 0 Å². The first-order chi connectivity index (χ1) is 9.51. The third kappa shape index (κ3) is 3.02. The number of carbonyl (C=O) groups is 1. The molecule has 2 rings (SSSR count). The van der Waals surface area contributed by atoms with Gasteiger partial charge in [-0.15, -0.1) is 0 Å². The van der Waals surface area contributed by atoms with Crippen LogP contribution < -0.4 is 0 Å². The summed E-state index contributed by atoms with van der Waals surface area (Å²) in [6, 6.07) is 9.71. The molecular weight excluding hydrogens is 301 g/mol. The van der Waals surface area contributed by atoms with Gasteiger partial charge in [0.2, 0.25) is 0 Å². The van der Waals surface area contributed by atoms with Crippen molar-refractivity contribution < 1.29 is 14.3 Å². The molecule has 0 aliphatic heterocycles. The lowest BCUT2D eigenvalue weighted by Crippen LogP contribution is -1.96. The Labute approximate surface area is 124 Å². The average Bonchev–Trinajstić information content (AvgIpc) is 2.83. The normalized spacial score (nSPS) is 11.2. The molecule has 0 atom stereocenters. The monoisotopic (exact) mass is 307 g/mol. The van der Waals surface area contributed by atoms with Crippen molar-refractivity contribution in [1.29, 1.82) is 5.26 Å². The zero-order chi connectivity index (χ0) is 14.7. The van der Waals surface area contributed by atoms with E-state index in [0.717, 1.165) is 6.08 Å². The van der Waals surface area contributed by atoms with Crippen LogP contribution in [0.15, 0.2) is 40.3 Å². The maximum Gasteiger partial charge on any atom is 0.346 e. The van der Waals surface area contributed by atoms with Crippen LogP contribution in [0.4, 0.5) is 0 Å². The number of benzene rings is 1. The lowest BCUT2D eigenvalue weighted by Gasteiger charge is -2.00. The highest BCUT2D eigenvalue weighted by Crippen LogP contribution is 2.31. The smallest absolute Gasteiger partial charge is 0.346 e. The number of hydrogen-bond acceptors (Lipinski definition) is 3. The van der Waals surface area contributed by atoms with Crippen molar-refractivity contribution in [2.75, 3.05) is 0 Å². The topological polar surface area (TPSA) is 74.2 Å². The molecule has 0 radical (unpaired) electrons. The van der Waals surface area contributed by atoms with E-state index in [-0.39, 0.29) is 5.76 Å². The molecule has 0 fully saturated rings. The first-order valence-corrected chi connectivity index (χ1v) is 6.17. The molecule has 0 saturated carbocycles. The van der Waals surface area contributed by atoms with Crippen LogP contribution in [-0.4, -0.2) is 11.1 Å². The van der Waals surface area contributed by atoms with E-state index in [2.05, 4.69) is 0 Å². The molecule has 1 aromatic heterocycles. The molecule has 20 heavy (non-hydrogen) atoms. The minimum atomic E-state index is -1.31. The Balaban J connectivity index is 2.39. The summed E-state index contributed by atoms with van der Waals surface area (Å²) >= 11 is 11.9. The fraction of sp³-hybridized carbons (Fsp3) is 0. The van der Waals surface area contributed by atoms with Crippen LogP contribution >= 0.6 is 23.2 Å². The Morgan fingerprint density at radius 1 is 1.30 bits per heavy atom. The van der Waals surface area contributed by atoms with Crippen LogP contribution in [0.1, 0.15) is 5.76 Å². The van der Waals surface area contributed by atoms with E-state index in [1.807, 2.05) is 0 Å². The van der Waals surface area contributed by atoms with E-state index >= 15 is 0 Å². The standard InChI is InChI=1S/C14H7Cl2NO3/c15-9-1-3-11(12(16)6-9)13-4-2-10(20-13)5-8(7-17)14(18)19/h1-6H,(H,18,19)/b8-5+. The molecule has 0 aliphatic rings. The highest BCUT2D eigenvalue weighted by molar-refractivity contribution is 6.36. The predicted molar refractivity (Wildman–Crippen MR) is 75.4 cm³/mol. The van der Waals surface area contributed by atoms with E-state index in [1.54, 1.807) is 36.4 Å². The second-order valence-electron chi connectivity index (χ2n) is 3.80. The number of aliphatic carboxylic acids is 1. The van der Waals surface area contributed by atoms with Gasteiger partial charge in [0, 0.05) is 16.7 Å². The molecule has 0 unspecified atom stereocenters. The number of rotatable bonds is 3. The molecule has 4 nitrogen and oxygen atoms in total. The largest absolute Gasteiger partial charge is 0.477 e. The van der Waals surface area contributed by atoms with Crippen molar-refractivity contribution in [3.05, 3.63) is 51.7 Å². The Bertz CT molecular complexity index is 741. The average molecular weight is 308 g/mol. The highest BCUT2D eigenvalue weighted by atomic mass is 35.5. The number of nitrogens with zero attached hydrogens (tertiary/aromatic N) is 1. The molecular formula is C14H7Cl2NO3. The van der Waals surface area contributed by atoms with Crippen LogP contribution in [0.2, 0.25) is 10.0 Å². The summed E-state index contributed by atoms with van der Waals surface area (Å²) in [5.74, 6) is -0.597. The van der Waals surface area contributed by atoms with Crippen LogP contribution in [0.3, 0.4) is 0 Å². The summed E-state index contributed by atoms with van der Waals surface area (Å²) in [5, 5.41) is 18.4. The van der Waals surface area contributed by atoms with Gasteiger partial charge in [-0.3, -0.25) is 0 Å². The number of furan rings is 1. The second kappa shape index (κ2) is 5.83. The number of nitriles is 1. The van der Waals surface area contributed by atoms with Gasteiger partial charge in [0.25, 0.3) is 0 Å². The molecule has 0 amide bonds. The first-order valence-electron chi connectivity index (χ1n) is 5.41. The summed E-state index contributed by atoms with van der Waals surface area (Å²) < 4.78 is 5.45. The summed E-state index contributed by atoms with van der Waals surface area (Å²) in [4.78, 5) is 10.7. The van der Waals surface area contributed by atoms with Gasteiger partial charge in [0.05, 0.1) is 5.02 Å². The van der Waals surface area contributed by atoms with Gasteiger partial charge in [-0.25, -0.2) is 4.79 Å². The maximum atomic E-state index is 10.7. The number of halogens is 2. The van der Waals surface area contributed by atoms with Crippen molar-refractivity contribution in [2.24, 2.45) is 0 Å². The molecule has 1 N–H and O–H groups in total. The summed E-state index contributed by atoms with van der Waals surface area (Å²) in [6.07, 6.45) is 1.15. The van der Waals surface area contributed by atoms with Crippen molar-refractivity contribution >= 4 is 35.2 Å². The van der Waals surface area contributed by atoms with Crippen molar-refractivity contribution in [3.8, 4) is 17.4 Å². The van der Waals surface area contributed by atoms with E-state index in [9.17, 15) is 4.79 Å². The quantitative estimate of drug-likeness (QED) is 0.679. The fourth-order valence-electron chi connectivity index (χ4n) is 1.55. The lowest BCUT2D eigenvalue weighted by atomic mass is 10.2. The number of hydrogen-bond donors (Lipinski definition) is 1. The molecule has 6 heteroatoms. The van der Waals surface area contributed by atoms with Gasteiger partial charge in [-0.1, -0.05) is 23.2 Å². The predicted octanol–water partition coefficient (Wildman–Crippen LogP) is 4.24. The second-order valence-corrected chi connectivity index (χ2v) is 4.64. The van der Waals surface area contributed by atoms with Crippen LogP contribution in [0, 0.1) is 11.3 Å². The molecule has 0 spiro atoms. The van der Waals surface area contributed by atoms with Gasteiger partial charge < -0.3 is 9.52 Å². The molecule has 0 saturated heterocycles. The van der Waals surface area contributed by atoms with Crippen LogP contribution in [-0.2, 0) is 4.79 Å². The lowest BCUT2D eigenvalue weighted by molar-refractivity contribution is -0.132. The summed E-state index contributed by atoms with van der Waals surface area (Å²) in [5.41, 5.74) is 0.220. The minimum Gasteiger partial charge on any atom is -0.477 e. The van der Waals surface area contributed by atoms with Crippen molar-refractivity contribution in [2.45, 2.75) is 0 Å². The first kappa shape index (κ1) is 14.2. The SMILES string of the molecule is N#C/C(=C\c1ccc(-c2ccc(Cl)cc2Cl)o1)C(=O)O. The van der Waals surface area contributed by atoms with Crippen molar-refractivity contribution in [3.63, 3.8) is 0 Å². The van der Waals surface area contributed by atoms with E-state index in [1.165, 1.54) is 0 Å². The third-order valence-electron chi connectivity index (χ3n) is 2.46. The highest BCUT2D eigenvalue weighted by Gasteiger charge is 2.11. The molecule has 1 aromatic carbocycles. The molecule has 0 aliphatic carbocycles. The Morgan fingerprint density at radius 3 is 2.65 bits per heavy atom. The molecule has 100 valence electrons. The van der Waals surface area contributed by atoms with E-state index in [4.69, 9.17) is 38.0 Å². The third-order valence-corrected chi connectivity index (χ3v) is 3.01. The number of carboxylic acids is 1. The Morgan fingerprint density at radius 2 is 2.05 bits per heavy atom. The van der Waals surface area contributed by atoms with E-state index in [0.29, 0.717) is 21.4 Å². The Hall–Kier alpha value is -2.22. The molecule has 2 aromatic rings. The summed E-state index contributed by atoms with van der Waals surface area (Å²) in [6.45, 7) is 0. The van der Waals surface area contributed by atoms with Crippen LogP contribution in [0.25, 0.3) is 17.4 Å². The van der Waals surface area contributed by atoms with Gasteiger partial charge in [0.1, 0.15) is 23.2 Å². The summed E-state index contributed by atoms with van der Waals surface area (Å²) in [7, 11) is 0. The minimum absolute atomic E-state index is 0.255. The number of carboxylic acid groups (broad SMARTS) is 1. The van der Waals surface area contributed by atoms with Crippen molar-refractivity contribution in [1.82, 2.24) is 0 Å². The van der Waals surface area contributed by atoms with Crippen LogP contribution in [0.5, 0.6) is 0 Å². The molecule has 1 heterocycles. The maximum absolute atomic E-state index is 10.7. The zero-order valence-electron chi connectivity index (χ0n) is 9.93. The van der Waals surface area contributed by atoms with Gasteiger partial charge in [-0.05, 0) is 30.3 Å². The van der Waals surface area contributed by atoms with Gasteiger partial charge >= 0.3 is 5.97 Å². The Kier molecular flexibility index (Phi) is 4.14. The van der Waals surface area contributed by atoms with E-state index < -0.39 is 11.5 Å². The zero-order valence-corrected chi connectivity index (χ0v) is 11.4. The fourth-order valence-corrected chi connectivity index (χ4v) is 2.05.